The monoisotopic (exact) mass is 1850 g/mol. The number of hydrogen-bond acceptors (Lipinski definition) is 21. The van der Waals surface area contributed by atoms with E-state index in [9.17, 15) is 41.9 Å². The molecule has 0 unspecified atom stereocenters. The van der Waals surface area contributed by atoms with Crippen LogP contribution < -0.4 is 29.8 Å². The quantitative estimate of drug-likeness (QED) is 0.0351. The number of piperazine rings is 4. The van der Waals surface area contributed by atoms with Crippen LogP contribution in [-0.2, 0) is 46.5 Å². The molecule has 29 nitrogen and oxygen atoms in total. The Morgan fingerprint density at radius 2 is 0.790 bits per heavy atom. The number of amides is 4. The molecule has 5 N–H and O–H groups in total. The number of carbonyl (C=O) groups is 6. The summed E-state index contributed by atoms with van der Waals surface area (Å²) in [6.45, 7) is 16.9. The summed E-state index contributed by atoms with van der Waals surface area (Å²) in [5.41, 5.74) is 15.9. The van der Waals surface area contributed by atoms with Crippen molar-refractivity contribution in [1.29, 1.82) is 0 Å². The molecule has 13 heterocycles. The van der Waals surface area contributed by atoms with E-state index >= 15 is 0 Å². The van der Waals surface area contributed by atoms with Gasteiger partial charge in [-0.05, 0) is 160 Å². The number of carbonyl (C=O) groups excluding carboxylic acids is 6. The van der Waals surface area contributed by atoms with Crippen molar-refractivity contribution in [2.24, 2.45) is 5.92 Å². The van der Waals surface area contributed by atoms with Crippen LogP contribution in [0.2, 0.25) is 0 Å². The van der Waals surface area contributed by atoms with E-state index in [-0.39, 0.29) is 52.6 Å². The number of ketones is 2. The maximum Gasteiger partial charge on any atom is 0.272 e. The lowest BCUT2D eigenvalue weighted by molar-refractivity contribution is -0.132. The number of hydrogen-bond donors (Lipinski definition) is 5. The molecule has 5 fully saturated rings. The van der Waals surface area contributed by atoms with Gasteiger partial charge in [0.2, 0.25) is 23.5 Å². The molecule has 32 heteroatoms. The van der Waals surface area contributed by atoms with Gasteiger partial charge in [-0.3, -0.25) is 28.8 Å². The number of aromatic nitrogens is 14. The Kier molecular flexibility index (Phi) is 28.7. The molecule has 0 atom stereocenters. The van der Waals surface area contributed by atoms with Crippen LogP contribution in [0.3, 0.4) is 0 Å². The van der Waals surface area contributed by atoms with Crippen molar-refractivity contribution in [3.05, 3.63) is 334 Å². The molecule has 5 aliphatic rings. The predicted octanol–water partition coefficient (Wildman–Crippen LogP) is 15.4. The average Bonchev–Trinajstić information content (AvgIpc) is 1.61. The molecule has 4 aliphatic heterocycles. The van der Waals surface area contributed by atoms with E-state index in [4.69, 9.17) is 0 Å². The molecule has 16 aromatic rings. The summed E-state index contributed by atoms with van der Waals surface area (Å²) < 4.78 is 39.2. The molecule has 1 saturated carbocycles. The van der Waals surface area contributed by atoms with E-state index in [1.165, 1.54) is 73.0 Å². The van der Waals surface area contributed by atoms with Crippen molar-refractivity contribution in [3.63, 3.8) is 0 Å². The van der Waals surface area contributed by atoms with Crippen LogP contribution in [0, 0.1) is 44.1 Å². The fraction of sp³-hybridized carbons (Fsp3) is 0.283. The number of aromatic amines is 4. The standard InChI is InChI=1S/C27H26FN5O2.C27H28FN5O.C26H25FN6O2.C26H27N7O/c1-18-2-7-20(8-3-18)25(35)23-16-22-26(31-23)29-17-30-27(22)33-14-12-32(13-15-33)24(34)11-6-19-4-9-21(28)10-5-19;1-19-2-4-21(5-3-19)16-23-17-24-26(31-23)29-18-30-27(24)33-14-12-32(13-15-33)25(34)11-8-20-6-9-22(28)10-7-20;27-19-9-6-18(7-10-19)8-11-23(34)32-12-14-33(15-13-32)25-21-16-22(31-24(21)28-17-29-25)26(35)30-20-4-2-1-3-5-20;1-17-4-2-3-5-20(17)24(34)21-14-27-25-23(21)26(31-16-30-25)33-10-8-32(9-11-33)22-13-19(28-15-29-22)12-18-6-7-18/h2-5,7-10,16-17H,6,11-15H2,1H3,(H,29,30,31);2-7,9-10,17-18H,8,11-16H2,1H3,(H,29,30,31);1-7,9-10,16-17H,8,11-15H2,(H,30,35)(H,28,29,31);2-5,13-16,18H,6-12H2,1H3,(H,27,30,31). The molecule has 0 spiro atoms. The summed E-state index contributed by atoms with van der Waals surface area (Å²) in [5.74, 6) is 4.17. The summed E-state index contributed by atoms with van der Waals surface area (Å²) in [6, 6.07) is 59.7. The number of H-pyrrole nitrogens is 4. The highest BCUT2D eigenvalue weighted by atomic mass is 19.1. The van der Waals surface area contributed by atoms with Gasteiger partial charge in [0.05, 0.1) is 32.8 Å². The third-order valence-electron chi connectivity index (χ3n) is 25.9. The topological polar surface area (TPSA) is 332 Å². The van der Waals surface area contributed by atoms with Gasteiger partial charge in [-0.15, -0.1) is 0 Å². The van der Waals surface area contributed by atoms with Crippen LogP contribution >= 0.6 is 0 Å². The molecule has 702 valence electrons. The Hall–Kier alpha value is -15.9. The lowest BCUT2D eigenvalue weighted by Crippen LogP contribution is -2.49. The number of fused-ring (bicyclic) bond motifs is 4. The van der Waals surface area contributed by atoms with Crippen LogP contribution in [0.15, 0.2) is 238 Å². The van der Waals surface area contributed by atoms with Gasteiger partial charge >= 0.3 is 0 Å². The number of nitrogens with one attached hydrogen (secondary N) is 5. The van der Waals surface area contributed by atoms with Gasteiger partial charge in [-0.2, -0.15) is 0 Å². The third kappa shape index (κ3) is 22.7. The predicted molar refractivity (Wildman–Crippen MR) is 527 cm³/mol. The Balaban J connectivity index is 0.000000122. The van der Waals surface area contributed by atoms with Gasteiger partial charge in [-0.25, -0.2) is 63.0 Å². The molecule has 4 saturated heterocycles. The van der Waals surface area contributed by atoms with E-state index in [0.717, 1.165) is 154 Å². The molecule has 138 heavy (non-hydrogen) atoms. The molecule has 4 amide bonds. The zero-order valence-electron chi connectivity index (χ0n) is 77.1. The highest BCUT2D eigenvalue weighted by Gasteiger charge is 2.32. The number of nitrogens with zero attached hydrogens (tertiary/aromatic N) is 18. The van der Waals surface area contributed by atoms with Crippen molar-refractivity contribution in [2.75, 3.05) is 135 Å². The van der Waals surface area contributed by atoms with Gasteiger partial charge in [-0.1, -0.05) is 139 Å². The first-order chi connectivity index (χ1) is 67.3. The minimum atomic E-state index is -0.276. The summed E-state index contributed by atoms with van der Waals surface area (Å²) in [5, 5.41) is 6.23. The lowest BCUT2D eigenvalue weighted by atomic mass is 9.99. The zero-order chi connectivity index (χ0) is 95.1. The van der Waals surface area contributed by atoms with Crippen LogP contribution in [0.5, 0.6) is 0 Å². The number of aryl methyl sites for hydroxylation is 6. The summed E-state index contributed by atoms with van der Waals surface area (Å²) >= 11 is 0. The zero-order valence-corrected chi connectivity index (χ0v) is 77.1. The van der Waals surface area contributed by atoms with Gasteiger partial charge in [0, 0.05) is 171 Å². The first-order valence-corrected chi connectivity index (χ1v) is 46.8. The van der Waals surface area contributed by atoms with E-state index < -0.39 is 0 Å². The minimum Gasteiger partial charge on any atom is -0.353 e. The first kappa shape index (κ1) is 92.6. The number of rotatable bonds is 24. The molecule has 0 bridgehead atoms. The highest BCUT2D eigenvalue weighted by molar-refractivity contribution is 6.19. The van der Waals surface area contributed by atoms with Crippen molar-refractivity contribution < 1.29 is 41.9 Å². The molecule has 9 aromatic heterocycles. The Morgan fingerprint density at radius 3 is 1.29 bits per heavy atom. The van der Waals surface area contributed by atoms with Crippen LogP contribution in [0.25, 0.3) is 44.1 Å². The molecular weight excluding hydrogens is 1750 g/mol. The molecular formula is C106H106F3N23O6. The van der Waals surface area contributed by atoms with E-state index in [1.807, 2.05) is 113 Å². The normalized spacial score (nSPS) is 14.5. The van der Waals surface area contributed by atoms with E-state index in [1.54, 1.807) is 67.6 Å². The second-order valence-electron chi connectivity index (χ2n) is 35.5. The average molecular weight is 1860 g/mol. The second kappa shape index (κ2) is 42.8. The largest absolute Gasteiger partial charge is 0.353 e. The van der Waals surface area contributed by atoms with E-state index in [2.05, 4.69) is 143 Å². The lowest BCUT2D eigenvalue weighted by Gasteiger charge is -2.36. The minimum absolute atomic E-state index is 0.0109. The van der Waals surface area contributed by atoms with Gasteiger partial charge < -0.3 is 64.5 Å². The van der Waals surface area contributed by atoms with Crippen molar-refractivity contribution in [3.8, 4) is 0 Å². The van der Waals surface area contributed by atoms with Crippen molar-refractivity contribution in [2.45, 2.75) is 85.0 Å². The number of benzene rings is 7. The van der Waals surface area contributed by atoms with Gasteiger partial charge in [0.15, 0.2) is 5.78 Å². The fourth-order valence-corrected chi connectivity index (χ4v) is 17.9. The van der Waals surface area contributed by atoms with Crippen molar-refractivity contribution >= 4 is 114 Å². The smallest absolute Gasteiger partial charge is 0.272 e. The summed E-state index contributed by atoms with van der Waals surface area (Å²) in [4.78, 5) is 151. The van der Waals surface area contributed by atoms with Crippen LogP contribution in [-0.4, -0.2) is 224 Å². The maximum atomic E-state index is 13.4. The van der Waals surface area contributed by atoms with Crippen LogP contribution in [0.1, 0.15) is 125 Å². The highest BCUT2D eigenvalue weighted by Crippen LogP contribution is 2.36. The summed E-state index contributed by atoms with van der Waals surface area (Å²) in [6.07, 6.45) is 17.1. The molecule has 1 aliphatic carbocycles. The Bertz CT molecular complexity index is 6990. The Morgan fingerprint density at radius 1 is 0.377 bits per heavy atom. The molecule has 0 radical (unpaired) electrons. The third-order valence-corrected chi connectivity index (χ3v) is 25.9. The SMILES string of the molecule is Cc1ccc(C(=O)c2cc3c(N4CCN(C(=O)CCc5ccc(F)cc5)CC4)ncnc3[nH]2)cc1.Cc1ccc(Cc2cc3c(N4CCN(C(=O)CCc5ccc(F)cc5)CC4)ncnc3[nH]2)cc1.Cc1ccccc1C(=O)c1c[nH]c2ncnc(N3CCN(c4cc(CC5CC5)ncn4)CC3)c12.O=C(Nc1ccccc1)c1cc2c(N3CCN(C(=O)CCc4ccc(F)cc4)CC3)ncnc2[nH]1. The second-order valence-corrected chi connectivity index (χ2v) is 35.5. The number of para-hydroxylation sites is 1. The number of anilines is 6. The fourth-order valence-electron chi connectivity index (χ4n) is 17.9. The van der Waals surface area contributed by atoms with Gasteiger partial charge in [0.1, 0.15) is 106 Å². The van der Waals surface area contributed by atoms with Crippen molar-refractivity contribution in [1.82, 2.24) is 84.5 Å². The number of halogens is 3. The van der Waals surface area contributed by atoms with Gasteiger partial charge in [0.25, 0.3) is 5.91 Å². The molecule has 7 aromatic carbocycles. The van der Waals surface area contributed by atoms with Crippen LogP contribution in [0.4, 0.5) is 47.9 Å². The van der Waals surface area contributed by atoms with E-state index in [0.29, 0.717) is 155 Å². The summed E-state index contributed by atoms with van der Waals surface area (Å²) in [7, 11) is 0. The molecule has 21 rings (SSSR count). The maximum absolute atomic E-state index is 13.4. The Labute approximate surface area is 795 Å². The first-order valence-electron chi connectivity index (χ1n) is 46.8.